The van der Waals surface area contributed by atoms with Gasteiger partial charge in [-0.3, -0.25) is 9.36 Å². The summed E-state index contributed by atoms with van der Waals surface area (Å²) in [6.07, 6.45) is -10.00. The molecule has 0 unspecified atom stereocenters. The highest BCUT2D eigenvalue weighted by molar-refractivity contribution is 7.98. The van der Waals surface area contributed by atoms with E-state index in [1.54, 1.807) is 36.4 Å². The molecule has 0 bridgehead atoms. The van der Waals surface area contributed by atoms with Gasteiger partial charge in [0, 0.05) is 5.56 Å². The van der Waals surface area contributed by atoms with Crippen LogP contribution in [0.2, 0.25) is 0 Å². The maximum absolute atomic E-state index is 13.9. The summed E-state index contributed by atoms with van der Waals surface area (Å²) < 4.78 is 88.2. The number of alkyl halides is 6. The first-order chi connectivity index (χ1) is 18.0. The van der Waals surface area contributed by atoms with Crippen LogP contribution >= 0.6 is 11.8 Å². The van der Waals surface area contributed by atoms with Crippen molar-refractivity contribution in [2.24, 2.45) is 0 Å². The van der Waals surface area contributed by atoms with E-state index in [0.717, 1.165) is 11.8 Å². The lowest BCUT2D eigenvalue weighted by Gasteiger charge is -2.19. The van der Waals surface area contributed by atoms with Gasteiger partial charge in [0.2, 0.25) is 11.8 Å². The van der Waals surface area contributed by atoms with Crippen molar-refractivity contribution in [3.63, 3.8) is 0 Å². The van der Waals surface area contributed by atoms with Gasteiger partial charge >= 0.3 is 12.4 Å². The quantitative estimate of drug-likeness (QED) is 0.137. The Morgan fingerprint density at radius 1 is 0.842 bits per heavy atom. The molecule has 5 aromatic rings. The van der Waals surface area contributed by atoms with Crippen molar-refractivity contribution in [2.75, 3.05) is 0 Å². The number of hydrogen-bond acceptors (Lipinski definition) is 6. The van der Waals surface area contributed by atoms with Crippen LogP contribution in [0.3, 0.4) is 0 Å². The molecular formula is C25H14F6N4O2S. The van der Waals surface area contributed by atoms with Crippen LogP contribution in [0.15, 0.2) is 87.2 Å². The molecule has 0 atom stereocenters. The molecule has 3 aromatic carbocycles. The molecule has 0 spiro atoms. The van der Waals surface area contributed by atoms with Gasteiger partial charge in [-0.05, 0) is 42.5 Å². The van der Waals surface area contributed by atoms with Gasteiger partial charge in [0.05, 0.1) is 33.5 Å². The van der Waals surface area contributed by atoms with Gasteiger partial charge in [-0.15, -0.1) is 10.2 Å². The number of benzene rings is 3. The minimum absolute atomic E-state index is 0.0634. The van der Waals surface area contributed by atoms with Gasteiger partial charge in [0.15, 0.2) is 5.16 Å². The van der Waals surface area contributed by atoms with Crippen LogP contribution in [0, 0.1) is 0 Å². The second kappa shape index (κ2) is 9.63. The predicted octanol–water partition coefficient (Wildman–Crippen LogP) is 6.77. The second-order valence-corrected chi connectivity index (χ2v) is 8.88. The summed E-state index contributed by atoms with van der Waals surface area (Å²) in [6.45, 7) is 0. The summed E-state index contributed by atoms with van der Waals surface area (Å²) in [5.41, 5.74) is -3.92. The number of nitrogens with zero attached hydrogens (tertiary/aromatic N) is 4. The van der Waals surface area contributed by atoms with Gasteiger partial charge in [-0.2, -0.15) is 26.3 Å². The molecule has 0 aliphatic heterocycles. The third kappa shape index (κ3) is 5.01. The Hall–Kier alpha value is -4.13. The Morgan fingerprint density at radius 2 is 1.55 bits per heavy atom. The largest absolute Gasteiger partial charge is 0.420 e. The molecule has 0 aliphatic rings. The lowest BCUT2D eigenvalue weighted by molar-refractivity contribution is -0.141. The van der Waals surface area contributed by atoms with E-state index < -0.39 is 34.7 Å². The van der Waals surface area contributed by atoms with Crippen molar-refractivity contribution in [1.82, 2.24) is 19.7 Å². The average Bonchev–Trinajstić information content (AvgIpc) is 3.36. The molecule has 194 valence electrons. The van der Waals surface area contributed by atoms with Gasteiger partial charge < -0.3 is 4.42 Å². The van der Waals surface area contributed by atoms with Gasteiger partial charge in [0.25, 0.3) is 5.56 Å². The molecule has 6 nitrogen and oxygen atoms in total. The van der Waals surface area contributed by atoms with Crippen LogP contribution in [0.5, 0.6) is 0 Å². The Morgan fingerprint density at radius 3 is 2.26 bits per heavy atom. The normalized spacial score (nSPS) is 12.3. The second-order valence-electron chi connectivity index (χ2n) is 7.94. The van der Waals surface area contributed by atoms with Crippen molar-refractivity contribution in [2.45, 2.75) is 23.3 Å². The first kappa shape index (κ1) is 25.5. The lowest BCUT2D eigenvalue weighted by Crippen LogP contribution is -2.25. The topological polar surface area (TPSA) is 73.8 Å². The first-order valence-electron chi connectivity index (χ1n) is 10.8. The van der Waals surface area contributed by atoms with Crippen LogP contribution in [-0.2, 0) is 18.1 Å². The number of halogens is 6. The van der Waals surface area contributed by atoms with Crippen LogP contribution in [0.1, 0.15) is 17.0 Å². The summed E-state index contributed by atoms with van der Waals surface area (Å²) in [5, 5.41) is 7.51. The molecule has 0 N–H and O–H groups in total. The summed E-state index contributed by atoms with van der Waals surface area (Å²) in [7, 11) is 0. The lowest BCUT2D eigenvalue weighted by atomic mass is 10.1. The van der Waals surface area contributed by atoms with E-state index >= 15 is 0 Å². The molecule has 0 fully saturated rings. The van der Waals surface area contributed by atoms with Crippen LogP contribution in [0.25, 0.3) is 28.0 Å². The Bertz CT molecular complexity index is 1680. The number of fused-ring (bicyclic) bond motifs is 1. The molecule has 2 aromatic heterocycles. The maximum Gasteiger partial charge on any atom is 0.418 e. The summed E-state index contributed by atoms with van der Waals surface area (Å²) in [6, 6.07) is 15.6. The highest BCUT2D eigenvalue weighted by Gasteiger charge is 2.38. The zero-order valence-electron chi connectivity index (χ0n) is 18.9. The van der Waals surface area contributed by atoms with Gasteiger partial charge in [0.1, 0.15) is 0 Å². The van der Waals surface area contributed by atoms with Crippen LogP contribution in [0.4, 0.5) is 26.3 Å². The van der Waals surface area contributed by atoms with E-state index in [1.165, 1.54) is 18.2 Å². The van der Waals surface area contributed by atoms with E-state index in [0.29, 0.717) is 28.3 Å². The molecule has 0 saturated heterocycles. The number of para-hydroxylation sites is 1. The fourth-order valence-electron chi connectivity index (χ4n) is 3.69. The monoisotopic (exact) mass is 548 g/mol. The summed E-state index contributed by atoms with van der Waals surface area (Å²) >= 11 is 0.772. The molecule has 0 aliphatic carbocycles. The summed E-state index contributed by atoms with van der Waals surface area (Å²) in [4.78, 5) is 17.7. The number of rotatable bonds is 5. The molecule has 13 heteroatoms. The number of hydrogen-bond donors (Lipinski definition) is 0. The minimum Gasteiger partial charge on any atom is -0.420 e. The molecular weight excluding hydrogens is 534 g/mol. The molecule has 5 rings (SSSR count). The van der Waals surface area contributed by atoms with Crippen molar-refractivity contribution in [1.29, 1.82) is 0 Å². The molecule has 38 heavy (non-hydrogen) atoms. The smallest absolute Gasteiger partial charge is 0.418 e. The number of aromatic nitrogens is 4. The number of thioether (sulfide) groups is 1. The molecule has 2 heterocycles. The minimum atomic E-state index is -5.05. The van der Waals surface area contributed by atoms with Gasteiger partial charge in [-0.25, -0.2) is 4.98 Å². The van der Waals surface area contributed by atoms with E-state index in [4.69, 9.17) is 4.42 Å². The Kier molecular flexibility index (Phi) is 6.47. The maximum atomic E-state index is 13.9. The molecule has 0 radical (unpaired) electrons. The van der Waals surface area contributed by atoms with E-state index in [2.05, 4.69) is 15.2 Å². The Labute approximate surface area is 214 Å². The van der Waals surface area contributed by atoms with Crippen LogP contribution in [-0.4, -0.2) is 19.7 Å². The predicted molar refractivity (Wildman–Crippen MR) is 127 cm³/mol. The van der Waals surface area contributed by atoms with E-state index in [-0.39, 0.29) is 33.6 Å². The van der Waals surface area contributed by atoms with E-state index in [9.17, 15) is 31.1 Å². The fraction of sp³-hybridized carbons (Fsp3) is 0.120. The Balaban J connectivity index is 1.64. The fourth-order valence-corrected chi connectivity index (χ4v) is 4.53. The zero-order chi connectivity index (χ0) is 27.1. The summed E-state index contributed by atoms with van der Waals surface area (Å²) in [5.74, 6) is 0.149. The molecule has 0 saturated carbocycles. The third-order valence-electron chi connectivity index (χ3n) is 5.43. The van der Waals surface area contributed by atoms with Crippen molar-refractivity contribution >= 4 is 22.7 Å². The van der Waals surface area contributed by atoms with Crippen LogP contribution < -0.4 is 5.56 Å². The SMILES string of the molecule is O=c1c2ccccc2nc(SCc2nnc(-c3ccccc3)o2)n1-c1cc(C(F)(F)F)ccc1C(F)(F)F. The zero-order valence-corrected chi connectivity index (χ0v) is 19.7. The van der Waals surface area contributed by atoms with Gasteiger partial charge in [-0.1, -0.05) is 42.1 Å². The standard InChI is InChI=1S/C25H14F6N4O2S/c26-24(27,28)15-10-11-17(25(29,30)31)19(12-15)35-22(36)16-8-4-5-9-18(16)32-23(35)38-13-20-33-34-21(37-20)14-6-2-1-3-7-14/h1-12H,13H2. The van der Waals surface area contributed by atoms with Crippen molar-refractivity contribution in [3.05, 3.63) is 100 Å². The van der Waals surface area contributed by atoms with Crippen molar-refractivity contribution in [3.8, 4) is 17.1 Å². The van der Waals surface area contributed by atoms with Crippen molar-refractivity contribution < 1.29 is 30.8 Å². The third-order valence-corrected chi connectivity index (χ3v) is 6.35. The highest BCUT2D eigenvalue weighted by atomic mass is 32.2. The van der Waals surface area contributed by atoms with E-state index in [1.807, 2.05) is 0 Å². The highest BCUT2D eigenvalue weighted by Crippen LogP contribution is 2.39. The average molecular weight is 548 g/mol. The molecule has 0 amide bonds. The first-order valence-corrected chi connectivity index (χ1v) is 11.8.